The van der Waals surface area contributed by atoms with Gasteiger partial charge in [0.05, 0.1) is 4.83 Å². The van der Waals surface area contributed by atoms with E-state index in [4.69, 9.17) is 11.6 Å². The van der Waals surface area contributed by atoms with E-state index < -0.39 is 0 Å². The van der Waals surface area contributed by atoms with Gasteiger partial charge in [-0.1, -0.05) is 33.6 Å². The predicted molar refractivity (Wildman–Crippen MR) is 83.1 cm³/mol. The molecule has 0 radical (unpaired) electrons. The number of hydrogen-bond donors (Lipinski definition) is 0. The number of rotatable bonds is 3. The molecule has 1 heterocycles. The standard InChI is InChI=1S/C15H13BrClFS/c16-11(8-10-12(17)4-2-5-13(10)18)15-7-9-3-1-6-14(9)19-15/h2,4-5,7,11H,1,3,6,8H2. The van der Waals surface area contributed by atoms with Crippen LogP contribution in [0.1, 0.15) is 32.1 Å². The molecule has 19 heavy (non-hydrogen) atoms. The van der Waals surface area contributed by atoms with Gasteiger partial charge in [0.25, 0.3) is 0 Å². The van der Waals surface area contributed by atoms with Crippen LogP contribution < -0.4 is 0 Å². The molecule has 0 saturated carbocycles. The van der Waals surface area contributed by atoms with Crippen molar-refractivity contribution in [1.29, 1.82) is 0 Å². The monoisotopic (exact) mass is 358 g/mol. The minimum atomic E-state index is -0.221. The summed E-state index contributed by atoms with van der Waals surface area (Å²) in [5.74, 6) is -0.221. The molecule has 0 nitrogen and oxygen atoms in total. The molecular formula is C15H13BrClFS. The van der Waals surface area contributed by atoms with Gasteiger partial charge >= 0.3 is 0 Å². The lowest BCUT2D eigenvalue weighted by Gasteiger charge is -2.10. The van der Waals surface area contributed by atoms with Crippen molar-refractivity contribution in [1.82, 2.24) is 0 Å². The summed E-state index contributed by atoms with van der Waals surface area (Å²) >= 11 is 11.6. The molecule has 0 amide bonds. The quantitative estimate of drug-likeness (QED) is 0.616. The highest BCUT2D eigenvalue weighted by Crippen LogP contribution is 2.39. The Morgan fingerprint density at radius 1 is 1.37 bits per heavy atom. The van der Waals surface area contributed by atoms with E-state index in [-0.39, 0.29) is 10.6 Å². The third-order valence-corrected chi connectivity index (χ3v) is 6.34. The van der Waals surface area contributed by atoms with E-state index in [2.05, 4.69) is 22.0 Å². The topological polar surface area (TPSA) is 0 Å². The Morgan fingerprint density at radius 3 is 2.95 bits per heavy atom. The van der Waals surface area contributed by atoms with Crippen LogP contribution >= 0.6 is 38.9 Å². The van der Waals surface area contributed by atoms with Crippen LogP contribution in [0.15, 0.2) is 24.3 Å². The van der Waals surface area contributed by atoms with Gasteiger partial charge in [0.2, 0.25) is 0 Å². The van der Waals surface area contributed by atoms with Crippen molar-refractivity contribution in [3.63, 3.8) is 0 Å². The average molecular weight is 360 g/mol. The maximum atomic E-state index is 13.8. The summed E-state index contributed by atoms with van der Waals surface area (Å²) in [4.78, 5) is 2.92. The van der Waals surface area contributed by atoms with E-state index in [9.17, 15) is 4.39 Å². The van der Waals surface area contributed by atoms with Crippen LogP contribution in [0.2, 0.25) is 5.02 Å². The molecule has 1 aromatic heterocycles. The van der Waals surface area contributed by atoms with Gasteiger partial charge in [0.1, 0.15) is 5.82 Å². The summed E-state index contributed by atoms with van der Waals surface area (Å²) in [6.45, 7) is 0. The highest BCUT2D eigenvalue weighted by Gasteiger charge is 2.20. The van der Waals surface area contributed by atoms with Crippen LogP contribution in [0.3, 0.4) is 0 Å². The molecule has 3 rings (SSSR count). The van der Waals surface area contributed by atoms with E-state index in [0.29, 0.717) is 17.0 Å². The minimum absolute atomic E-state index is 0.137. The van der Waals surface area contributed by atoms with Gasteiger partial charge in [-0.25, -0.2) is 4.39 Å². The van der Waals surface area contributed by atoms with E-state index in [0.717, 1.165) is 0 Å². The Kier molecular flexibility index (Phi) is 3.97. The van der Waals surface area contributed by atoms with Gasteiger partial charge in [-0.05, 0) is 49.4 Å². The van der Waals surface area contributed by atoms with E-state index in [1.54, 1.807) is 12.1 Å². The summed E-state index contributed by atoms with van der Waals surface area (Å²) in [5, 5.41) is 0.508. The second-order valence-electron chi connectivity index (χ2n) is 4.82. The van der Waals surface area contributed by atoms with E-state index >= 15 is 0 Å². The van der Waals surface area contributed by atoms with Crippen LogP contribution in [0.25, 0.3) is 0 Å². The van der Waals surface area contributed by atoms with Crippen molar-refractivity contribution in [3.8, 4) is 0 Å². The van der Waals surface area contributed by atoms with Crippen molar-refractivity contribution >= 4 is 38.9 Å². The lowest BCUT2D eigenvalue weighted by atomic mass is 10.1. The van der Waals surface area contributed by atoms with Gasteiger partial charge < -0.3 is 0 Å². The Hall–Kier alpha value is -0.380. The van der Waals surface area contributed by atoms with Crippen molar-refractivity contribution in [2.24, 2.45) is 0 Å². The summed E-state index contributed by atoms with van der Waals surface area (Å²) in [6.07, 6.45) is 4.24. The molecule has 1 unspecified atom stereocenters. The molecule has 1 aromatic carbocycles. The smallest absolute Gasteiger partial charge is 0.127 e. The lowest BCUT2D eigenvalue weighted by Crippen LogP contribution is -1.97. The number of fused-ring (bicyclic) bond motifs is 1. The van der Waals surface area contributed by atoms with Gasteiger partial charge in [-0.3, -0.25) is 0 Å². The lowest BCUT2D eigenvalue weighted by molar-refractivity contribution is 0.609. The molecule has 0 saturated heterocycles. The van der Waals surface area contributed by atoms with Gasteiger partial charge in [0, 0.05) is 20.3 Å². The molecule has 4 heteroatoms. The zero-order valence-corrected chi connectivity index (χ0v) is 13.4. The zero-order valence-electron chi connectivity index (χ0n) is 10.3. The fraction of sp³-hybridized carbons (Fsp3) is 0.333. The molecule has 100 valence electrons. The maximum Gasteiger partial charge on any atom is 0.127 e. The van der Waals surface area contributed by atoms with Crippen molar-refractivity contribution < 1.29 is 4.39 Å². The van der Waals surface area contributed by atoms with Gasteiger partial charge in [-0.15, -0.1) is 11.3 Å². The summed E-state index contributed by atoms with van der Waals surface area (Å²) < 4.78 is 13.8. The molecule has 0 bridgehead atoms. The van der Waals surface area contributed by atoms with Crippen LogP contribution in [0.4, 0.5) is 4.39 Å². The minimum Gasteiger partial charge on any atom is -0.207 e. The SMILES string of the molecule is Fc1cccc(Cl)c1CC(Br)c1cc2c(s1)CCC2. The first kappa shape index (κ1) is 13.6. The predicted octanol–water partition coefficient (Wildman–Crippen LogP) is 5.71. The Morgan fingerprint density at radius 2 is 2.21 bits per heavy atom. The first-order chi connectivity index (χ1) is 9.15. The maximum absolute atomic E-state index is 13.8. The van der Waals surface area contributed by atoms with Crippen LogP contribution in [0.5, 0.6) is 0 Å². The molecule has 0 fully saturated rings. The average Bonchev–Trinajstić information content (AvgIpc) is 2.94. The molecule has 1 atom stereocenters. The fourth-order valence-corrected chi connectivity index (χ4v) is 4.73. The van der Waals surface area contributed by atoms with Crippen LogP contribution in [-0.4, -0.2) is 0 Å². The number of benzene rings is 1. The summed E-state index contributed by atoms with van der Waals surface area (Å²) in [7, 11) is 0. The number of halogens is 3. The van der Waals surface area contributed by atoms with Crippen LogP contribution in [-0.2, 0) is 19.3 Å². The first-order valence-corrected chi connectivity index (χ1v) is 8.44. The normalized spacial score (nSPS) is 15.5. The Labute approximate surface area is 129 Å². The van der Waals surface area contributed by atoms with Crippen molar-refractivity contribution in [2.75, 3.05) is 0 Å². The molecule has 1 aliphatic carbocycles. The third-order valence-electron chi connectivity index (χ3n) is 3.52. The van der Waals surface area contributed by atoms with Crippen LogP contribution in [0, 0.1) is 5.82 Å². The largest absolute Gasteiger partial charge is 0.207 e. The number of hydrogen-bond acceptors (Lipinski definition) is 1. The number of aryl methyl sites for hydroxylation is 2. The van der Waals surface area contributed by atoms with Crippen molar-refractivity contribution in [3.05, 3.63) is 56.0 Å². The summed E-state index contributed by atoms with van der Waals surface area (Å²) in [6, 6.07) is 7.12. The Balaban J connectivity index is 1.82. The first-order valence-electron chi connectivity index (χ1n) is 6.33. The molecule has 0 N–H and O–H groups in total. The highest BCUT2D eigenvalue weighted by molar-refractivity contribution is 9.09. The van der Waals surface area contributed by atoms with Gasteiger partial charge in [-0.2, -0.15) is 0 Å². The zero-order chi connectivity index (χ0) is 13.4. The fourth-order valence-electron chi connectivity index (χ4n) is 2.51. The highest BCUT2D eigenvalue weighted by atomic mass is 79.9. The molecule has 1 aliphatic rings. The second-order valence-corrected chi connectivity index (χ2v) is 7.50. The van der Waals surface area contributed by atoms with E-state index in [1.165, 1.54) is 40.6 Å². The second kappa shape index (κ2) is 5.55. The van der Waals surface area contributed by atoms with E-state index in [1.807, 2.05) is 11.3 Å². The molecular weight excluding hydrogens is 347 g/mol. The summed E-state index contributed by atoms with van der Waals surface area (Å²) in [5.41, 5.74) is 2.07. The third kappa shape index (κ3) is 2.74. The number of thiophene rings is 1. The molecule has 0 spiro atoms. The molecule has 2 aromatic rings. The van der Waals surface area contributed by atoms with Crippen molar-refractivity contribution in [2.45, 2.75) is 30.5 Å². The van der Waals surface area contributed by atoms with Gasteiger partial charge in [0.15, 0.2) is 0 Å². The Bertz CT molecular complexity index is 566. The molecule has 0 aliphatic heterocycles. The number of alkyl halides is 1.